The third kappa shape index (κ3) is 7.75. The highest BCUT2D eigenvalue weighted by Gasteiger charge is 2.21. The van der Waals surface area contributed by atoms with Gasteiger partial charge in [0.15, 0.2) is 11.5 Å². The lowest BCUT2D eigenvalue weighted by Gasteiger charge is -2.25. The van der Waals surface area contributed by atoms with Gasteiger partial charge in [0.25, 0.3) is 0 Å². The van der Waals surface area contributed by atoms with Crippen molar-refractivity contribution in [2.75, 3.05) is 32.8 Å². The van der Waals surface area contributed by atoms with Crippen LogP contribution in [0.2, 0.25) is 0 Å². The van der Waals surface area contributed by atoms with Crippen molar-refractivity contribution >= 4 is 17.7 Å². The smallest absolute Gasteiger partial charge is 0.319 e. The largest absolute Gasteiger partial charge is 0.493 e. The number of amides is 2. The summed E-state index contributed by atoms with van der Waals surface area (Å²) in [6, 6.07) is 4.60. The number of hydrogen-bond donors (Lipinski definition) is 3. The summed E-state index contributed by atoms with van der Waals surface area (Å²) < 4.78 is 15.7. The normalized spacial score (nSPS) is 10.9. The second-order valence-corrected chi connectivity index (χ2v) is 6.06. The lowest BCUT2D eigenvalue weighted by atomic mass is 9.99. The molecule has 0 bridgehead atoms. The van der Waals surface area contributed by atoms with E-state index in [1.54, 1.807) is 39.2 Å². The molecule has 0 aliphatic heterocycles. The molecule has 0 saturated heterocycles. The summed E-state index contributed by atoms with van der Waals surface area (Å²) in [6.45, 7) is 4.31. The molecule has 25 heavy (non-hydrogen) atoms. The van der Waals surface area contributed by atoms with Gasteiger partial charge in [-0.3, -0.25) is 4.79 Å². The van der Waals surface area contributed by atoms with Gasteiger partial charge in [0, 0.05) is 30.8 Å². The van der Waals surface area contributed by atoms with E-state index in [1.165, 1.54) is 7.11 Å². The van der Waals surface area contributed by atoms with Crippen LogP contribution in [0.3, 0.4) is 0 Å². The average molecular weight is 354 g/mol. The number of carbonyl (C=O) groups excluding carboxylic acids is 1. The van der Waals surface area contributed by atoms with Crippen LogP contribution in [-0.2, 0) is 9.53 Å². The van der Waals surface area contributed by atoms with Gasteiger partial charge in [-0.25, -0.2) is 4.79 Å². The van der Waals surface area contributed by atoms with E-state index < -0.39 is 17.5 Å². The van der Waals surface area contributed by atoms with E-state index in [0.29, 0.717) is 36.8 Å². The van der Waals surface area contributed by atoms with Crippen LogP contribution in [0.1, 0.15) is 26.7 Å². The standard InChI is InChI=1S/C17H26N2O6/c1-17(2,8-7-15(20)21)19-16(22)18-12-5-6-13(24-4)14(11-12)25-10-9-23-3/h5-6,11H,7-10H2,1-4H3,(H,20,21)(H2,18,19,22). The van der Waals surface area contributed by atoms with Gasteiger partial charge < -0.3 is 30.0 Å². The number of rotatable bonds is 10. The number of carboxylic acid groups (broad SMARTS) is 1. The van der Waals surface area contributed by atoms with Crippen LogP contribution in [0, 0.1) is 0 Å². The van der Waals surface area contributed by atoms with Crippen LogP contribution in [0.5, 0.6) is 11.5 Å². The fourth-order valence-corrected chi connectivity index (χ4v) is 2.05. The zero-order valence-electron chi connectivity index (χ0n) is 15.0. The molecule has 1 aromatic rings. The predicted octanol–water partition coefficient (Wildman–Crippen LogP) is 2.49. The number of aliphatic carboxylic acids is 1. The molecule has 0 aromatic heterocycles. The first kappa shape index (κ1) is 20.6. The molecule has 0 radical (unpaired) electrons. The molecule has 0 unspecified atom stereocenters. The second-order valence-electron chi connectivity index (χ2n) is 6.06. The summed E-state index contributed by atoms with van der Waals surface area (Å²) in [5.41, 5.74) is -0.119. The first-order chi connectivity index (χ1) is 11.8. The summed E-state index contributed by atoms with van der Waals surface area (Å²) >= 11 is 0. The topological polar surface area (TPSA) is 106 Å². The van der Waals surface area contributed by atoms with Crippen LogP contribution >= 0.6 is 0 Å². The molecule has 1 rings (SSSR count). The van der Waals surface area contributed by atoms with Crippen molar-refractivity contribution in [2.24, 2.45) is 0 Å². The molecular weight excluding hydrogens is 328 g/mol. The lowest BCUT2D eigenvalue weighted by molar-refractivity contribution is -0.137. The van der Waals surface area contributed by atoms with Crippen molar-refractivity contribution in [3.8, 4) is 11.5 Å². The van der Waals surface area contributed by atoms with E-state index >= 15 is 0 Å². The molecule has 0 heterocycles. The summed E-state index contributed by atoms with van der Waals surface area (Å²) in [5.74, 6) is 0.134. The molecule has 140 valence electrons. The van der Waals surface area contributed by atoms with Crippen LogP contribution in [0.4, 0.5) is 10.5 Å². The first-order valence-electron chi connectivity index (χ1n) is 7.88. The molecule has 8 nitrogen and oxygen atoms in total. The molecule has 0 fully saturated rings. The Labute approximate surface area is 147 Å². The number of methoxy groups -OCH3 is 2. The SMILES string of the molecule is COCCOc1cc(NC(=O)NC(C)(C)CCC(=O)O)ccc1OC. The number of benzene rings is 1. The van der Waals surface area contributed by atoms with Crippen LogP contribution in [-0.4, -0.2) is 50.1 Å². The summed E-state index contributed by atoms with van der Waals surface area (Å²) in [4.78, 5) is 22.8. The molecule has 0 spiro atoms. The van der Waals surface area contributed by atoms with E-state index in [1.807, 2.05) is 0 Å². The van der Waals surface area contributed by atoms with Crippen LogP contribution in [0.15, 0.2) is 18.2 Å². The Kier molecular flexibility index (Phi) is 8.00. The quantitative estimate of drug-likeness (QED) is 0.557. The number of hydrogen-bond acceptors (Lipinski definition) is 5. The minimum atomic E-state index is -0.900. The Morgan fingerprint density at radius 2 is 1.88 bits per heavy atom. The molecular formula is C17H26N2O6. The van der Waals surface area contributed by atoms with Gasteiger partial charge in [-0.1, -0.05) is 0 Å². The Morgan fingerprint density at radius 1 is 1.16 bits per heavy atom. The Bertz CT molecular complexity index is 589. The molecule has 3 N–H and O–H groups in total. The highest BCUT2D eigenvalue weighted by atomic mass is 16.5. The molecule has 0 aliphatic rings. The molecule has 0 atom stereocenters. The van der Waals surface area contributed by atoms with Crippen LogP contribution < -0.4 is 20.1 Å². The molecule has 2 amide bonds. The number of carboxylic acids is 1. The summed E-state index contributed by atoms with van der Waals surface area (Å²) in [7, 11) is 3.11. The van der Waals surface area contributed by atoms with Crippen LogP contribution in [0.25, 0.3) is 0 Å². The van der Waals surface area contributed by atoms with Gasteiger partial charge in [-0.05, 0) is 32.4 Å². The first-order valence-corrected chi connectivity index (χ1v) is 7.88. The van der Waals surface area contributed by atoms with Gasteiger partial charge in [0.1, 0.15) is 6.61 Å². The third-order valence-electron chi connectivity index (χ3n) is 3.38. The monoisotopic (exact) mass is 354 g/mol. The maximum Gasteiger partial charge on any atom is 0.319 e. The van der Waals surface area contributed by atoms with Gasteiger partial charge in [-0.15, -0.1) is 0 Å². The van der Waals surface area contributed by atoms with E-state index in [4.69, 9.17) is 19.3 Å². The van der Waals surface area contributed by atoms with Gasteiger partial charge in [0.2, 0.25) is 0 Å². The maximum atomic E-state index is 12.1. The van der Waals surface area contributed by atoms with E-state index in [9.17, 15) is 9.59 Å². The highest BCUT2D eigenvalue weighted by molar-refractivity contribution is 5.90. The van der Waals surface area contributed by atoms with Gasteiger partial charge in [0.05, 0.1) is 13.7 Å². The molecule has 1 aromatic carbocycles. The van der Waals surface area contributed by atoms with Crippen molar-refractivity contribution < 1.29 is 28.9 Å². The zero-order chi connectivity index (χ0) is 18.9. The fraction of sp³-hybridized carbons (Fsp3) is 0.529. The van der Waals surface area contributed by atoms with Crippen molar-refractivity contribution in [3.63, 3.8) is 0 Å². The molecule has 8 heteroatoms. The van der Waals surface area contributed by atoms with Crippen molar-refractivity contribution in [2.45, 2.75) is 32.2 Å². The van der Waals surface area contributed by atoms with Crippen molar-refractivity contribution in [1.29, 1.82) is 0 Å². The zero-order valence-corrected chi connectivity index (χ0v) is 15.0. The minimum Gasteiger partial charge on any atom is -0.493 e. The summed E-state index contributed by atoms with van der Waals surface area (Å²) in [6.07, 6.45) is 0.303. The lowest BCUT2D eigenvalue weighted by Crippen LogP contribution is -2.45. The summed E-state index contributed by atoms with van der Waals surface area (Å²) in [5, 5.41) is 14.2. The second kappa shape index (κ2) is 9.73. The number of urea groups is 1. The van der Waals surface area contributed by atoms with E-state index in [2.05, 4.69) is 10.6 Å². The van der Waals surface area contributed by atoms with Crippen molar-refractivity contribution in [1.82, 2.24) is 5.32 Å². The third-order valence-corrected chi connectivity index (χ3v) is 3.38. The Balaban J connectivity index is 2.69. The maximum absolute atomic E-state index is 12.1. The van der Waals surface area contributed by atoms with Crippen molar-refractivity contribution in [3.05, 3.63) is 18.2 Å². The number of nitrogens with one attached hydrogen (secondary N) is 2. The average Bonchev–Trinajstić information content (AvgIpc) is 2.53. The number of ether oxygens (including phenoxy) is 3. The van der Waals surface area contributed by atoms with E-state index in [0.717, 1.165) is 0 Å². The Hall–Kier alpha value is -2.48. The molecule has 0 saturated carbocycles. The highest BCUT2D eigenvalue weighted by Crippen LogP contribution is 2.30. The Morgan fingerprint density at radius 3 is 2.48 bits per heavy atom. The molecule has 0 aliphatic carbocycles. The minimum absolute atomic E-state index is 0.0205. The predicted molar refractivity (Wildman–Crippen MR) is 93.5 cm³/mol. The number of carbonyl (C=O) groups is 2. The number of anilines is 1. The van der Waals surface area contributed by atoms with Gasteiger partial charge >= 0.3 is 12.0 Å². The fourth-order valence-electron chi connectivity index (χ4n) is 2.05. The van der Waals surface area contributed by atoms with E-state index in [-0.39, 0.29) is 6.42 Å². The van der Waals surface area contributed by atoms with Gasteiger partial charge in [-0.2, -0.15) is 0 Å².